The molecule has 0 spiro atoms. The Labute approximate surface area is 152 Å². The topological polar surface area (TPSA) is 23.5 Å². The van der Waals surface area contributed by atoms with Gasteiger partial charge >= 0.3 is 0 Å². The molecule has 0 saturated heterocycles. The van der Waals surface area contributed by atoms with Crippen molar-refractivity contribution in [1.29, 1.82) is 0 Å². The van der Waals surface area contributed by atoms with Crippen molar-refractivity contribution in [2.45, 2.75) is 57.4 Å². The first-order valence-electron chi connectivity index (χ1n) is 9.83. The zero-order valence-electron chi connectivity index (χ0n) is 15.4. The molecule has 0 unspecified atom stereocenters. The molecule has 2 nitrogen and oxygen atoms in total. The number of hydrogen-bond acceptors (Lipinski definition) is 2. The Morgan fingerprint density at radius 1 is 0.920 bits per heavy atom. The molecular weight excluding hydrogens is 306 g/mol. The fourth-order valence-corrected chi connectivity index (χ4v) is 4.31. The maximum Gasteiger partial charge on any atom is 0.119 e. The average molecular weight is 338 g/mol. The van der Waals surface area contributed by atoms with E-state index in [2.05, 4.69) is 48.2 Å². The Morgan fingerprint density at radius 2 is 1.60 bits per heavy atom. The monoisotopic (exact) mass is 337 g/mol. The number of phenolic OH excluding ortho intramolecular Hbond substituents is 1. The Bertz CT molecular complexity index is 632. The summed E-state index contributed by atoms with van der Waals surface area (Å²) in [6.45, 7) is 4.62. The molecule has 2 aromatic rings. The van der Waals surface area contributed by atoms with Crippen LogP contribution in [0.2, 0.25) is 0 Å². The third-order valence-corrected chi connectivity index (χ3v) is 5.75. The van der Waals surface area contributed by atoms with Crippen molar-refractivity contribution < 1.29 is 5.11 Å². The van der Waals surface area contributed by atoms with Gasteiger partial charge in [-0.15, -0.1) is 0 Å². The molecule has 0 aliphatic heterocycles. The Morgan fingerprint density at radius 3 is 2.28 bits per heavy atom. The fourth-order valence-electron chi connectivity index (χ4n) is 4.31. The van der Waals surface area contributed by atoms with Gasteiger partial charge in [-0.3, -0.25) is 0 Å². The third kappa shape index (κ3) is 4.85. The van der Waals surface area contributed by atoms with E-state index in [1.807, 2.05) is 18.2 Å². The highest BCUT2D eigenvalue weighted by molar-refractivity contribution is 5.35. The summed E-state index contributed by atoms with van der Waals surface area (Å²) in [5, 5.41) is 10.1. The molecule has 0 amide bonds. The normalized spacial score (nSPS) is 20.7. The standard InChI is InChI=1S/C23H31NO/c1-2-24(18-8-11-19-9-4-3-5-10-19)21-16-14-20(15-17-21)22-12-6-7-13-23(22)25/h3-7,9-10,12-13,20-21,25H,2,8,11,14-18H2,1H3. The van der Waals surface area contributed by atoms with Gasteiger partial charge in [0.25, 0.3) is 0 Å². The quantitative estimate of drug-likeness (QED) is 0.734. The van der Waals surface area contributed by atoms with Crippen LogP contribution in [0.3, 0.4) is 0 Å². The lowest BCUT2D eigenvalue weighted by atomic mass is 9.81. The van der Waals surface area contributed by atoms with Crippen molar-refractivity contribution in [2.24, 2.45) is 0 Å². The van der Waals surface area contributed by atoms with Crippen molar-refractivity contribution in [3.63, 3.8) is 0 Å². The van der Waals surface area contributed by atoms with Crippen molar-refractivity contribution in [3.8, 4) is 5.75 Å². The molecule has 1 fully saturated rings. The molecule has 2 aromatic carbocycles. The van der Waals surface area contributed by atoms with Gasteiger partial charge in [-0.1, -0.05) is 55.5 Å². The average Bonchev–Trinajstić information content (AvgIpc) is 2.67. The van der Waals surface area contributed by atoms with E-state index in [0.29, 0.717) is 17.7 Å². The minimum atomic E-state index is 0.473. The van der Waals surface area contributed by atoms with Crippen LogP contribution in [0, 0.1) is 0 Å². The lowest BCUT2D eigenvalue weighted by Gasteiger charge is -2.36. The highest BCUT2D eigenvalue weighted by Crippen LogP contribution is 2.38. The lowest BCUT2D eigenvalue weighted by molar-refractivity contribution is 0.154. The van der Waals surface area contributed by atoms with E-state index in [1.54, 1.807) is 0 Å². The van der Waals surface area contributed by atoms with Crippen LogP contribution >= 0.6 is 0 Å². The van der Waals surface area contributed by atoms with E-state index in [-0.39, 0.29) is 0 Å². The summed E-state index contributed by atoms with van der Waals surface area (Å²) in [5.74, 6) is 1.00. The highest BCUT2D eigenvalue weighted by Gasteiger charge is 2.26. The largest absolute Gasteiger partial charge is 0.508 e. The zero-order valence-corrected chi connectivity index (χ0v) is 15.4. The molecule has 0 bridgehead atoms. The molecule has 3 rings (SSSR count). The number of benzene rings is 2. The second kappa shape index (κ2) is 9.05. The van der Waals surface area contributed by atoms with Crippen LogP contribution in [0.15, 0.2) is 54.6 Å². The lowest BCUT2D eigenvalue weighted by Crippen LogP contribution is -2.38. The zero-order chi connectivity index (χ0) is 17.5. The molecule has 1 aliphatic carbocycles. The minimum absolute atomic E-state index is 0.473. The van der Waals surface area contributed by atoms with E-state index in [1.165, 1.54) is 50.6 Å². The number of rotatable bonds is 7. The first-order chi connectivity index (χ1) is 12.3. The molecule has 0 heterocycles. The number of aromatic hydroxyl groups is 1. The first kappa shape index (κ1) is 18.0. The Hall–Kier alpha value is -1.80. The van der Waals surface area contributed by atoms with Crippen LogP contribution in [0.25, 0.3) is 0 Å². The predicted molar refractivity (Wildman–Crippen MR) is 105 cm³/mol. The molecule has 134 valence electrons. The number of aryl methyl sites for hydroxylation is 1. The molecule has 1 aliphatic rings. The molecule has 0 aromatic heterocycles. The number of nitrogens with zero attached hydrogens (tertiary/aromatic N) is 1. The Balaban J connectivity index is 1.48. The summed E-state index contributed by atoms with van der Waals surface area (Å²) in [6.07, 6.45) is 7.28. The van der Waals surface area contributed by atoms with Gasteiger partial charge in [0.15, 0.2) is 0 Å². The summed E-state index contributed by atoms with van der Waals surface area (Å²) in [7, 11) is 0. The maximum atomic E-state index is 10.1. The summed E-state index contributed by atoms with van der Waals surface area (Å²) < 4.78 is 0. The van der Waals surface area contributed by atoms with Crippen LogP contribution in [-0.2, 0) is 6.42 Å². The number of phenols is 1. The number of para-hydroxylation sites is 1. The van der Waals surface area contributed by atoms with Gasteiger partial charge in [-0.2, -0.15) is 0 Å². The molecule has 1 saturated carbocycles. The van der Waals surface area contributed by atoms with Gasteiger partial charge in [-0.25, -0.2) is 0 Å². The van der Waals surface area contributed by atoms with Crippen molar-refractivity contribution in [3.05, 3.63) is 65.7 Å². The van der Waals surface area contributed by atoms with Gasteiger partial charge in [0.05, 0.1) is 0 Å². The van der Waals surface area contributed by atoms with E-state index in [4.69, 9.17) is 0 Å². The smallest absolute Gasteiger partial charge is 0.119 e. The van der Waals surface area contributed by atoms with E-state index in [0.717, 1.165) is 12.1 Å². The van der Waals surface area contributed by atoms with Crippen LogP contribution in [0.1, 0.15) is 56.1 Å². The molecule has 0 atom stereocenters. The van der Waals surface area contributed by atoms with Gasteiger partial charge in [0, 0.05) is 6.04 Å². The summed E-state index contributed by atoms with van der Waals surface area (Å²) in [5.41, 5.74) is 2.59. The van der Waals surface area contributed by atoms with Gasteiger partial charge < -0.3 is 10.0 Å². The van der Waals surface area contributed by atoms with Crippen LogP contribution < -0.4 is 0 Å². The first-order valence-corrected chi connectivity index (χ1v) is 9.83. The van der Waals surface area contributed by atoms with Crippen molar-refractivity contribution in [2.75, 3.05) is 13.1 Å². The molecule has 2 heteroatoms. The minimum Gasteiger partial charge on any atom is -0.508 e. The summed E-state index contributed by atoms with van der Waals surface area (Å²) in [4.78, 5) is 2.67. The summed E-state index contributed by atoms with van der Waals surface area (Å²) in [6, 6.07) is 19.4. The number of hydrogen-bond donors (Lipinski definition) is 1. The second-order valence-corrected chi connectivity index (χ2v) is 7.28. The predicted octanol–water partition coefficient (Wildman–Crippen LogP) is 5.37. The van der Waals surface area contributed by atoms with Gasteiger partial charge in [0.2, 0.25) is 0 Å². The second-order valence-electron chi connectivity index (χ2n) is 7.28. The van der Waals surface area contributed by atoms with Gasteiger partial charge in [-0.05, 0) is 74.7 Å². The van der Waals surface area contributed by atoms with E-state index in [9.17, 15) is 5.11 Å². The molecular formula is C23H31NO. The Kier molecular flexibility index (Phi) is 6.52. The van der Waals surface area contributed by atoms with Crippen molar-refractivity contribution >= 4 is 0 Å². The van der Waals surface area contributed by atoms with Crippen LogP contribution in [0.5, 0.6) is 5.75 Å². The van der Waals surface area contributed by atoms with Crippen LogP contribution in [-0.4, -0.2) is 29.1 Å². The molecule has 0 radical (unpaired) electrons. The van der Waals surface area contributed by atoms with E-state index < -0.39 is 0 Å². The maximum absolute atomic E-state index is 10.1. The van der Waals surface area contributed by atoms with Gasteiger partial charge in [0.1, 0.15) is 5.75 Å². The van der Waals surface area contributed by atoms with E-state index >= 15 is 0 Å². The summed E-state index contributed by atoms with van der Waals surface area (Å²) >= 11 is 0. The van der Waals surface area contributed by atoms with Crippen molar-refractivity contribution in [1.82, 2.24) is 4.90 Å². The molecule has 25 heavy (non-hydrogen) atoms. The van der Waals surface area contributed by atoms with Crippen LogP contribution in [0.4, 0.5) is 0 Å². The fraction of sp³-hybridized carbons (Fsp3) is 0.478. The molecule has 1 N–H and O–H groups in total. The SMILES string of the molecule is CCN(CCCc1ccccc1)C1CCC(c2ccccc2O)CC1. The third-order valence-electron chi connectivity index (χ3n) is 5.75. The highest BCUT2D eigenvalue weighted by atomic mass is 16.3.